The zero-order valence-corrected chi connectivity index (χ0v) is 13.5. The van der Waals surface area contributed by atoms with E-state index in [2.05, 4.69) is 4.90 Å². The molecule has 1 heterocycles. The summed E-state index contributed by atoms with van der Waals surface area (Å²) < 4.78 is 5.49. The van der Waals surface area contributed by atoms with E-state index in [1.165, 1.54) is 24.8 Å². The summed E-state index contributed by atoms with van der Waals surface area (Å²) in [6.07, 6.45) is 5.10. The minimum Gasteiger partial charge on any atom is -1.00 e. The normalized spacial score (nSPS) is 16.8. The first-order valence-corrected chi connectivity index (χ1v) is 7.70. The molecule has 0 spiro atoms. The van der Waals surface area contributed by atoms with Crippen molar-refractivity contribution in [2.45, 2.75) is 45.1 Å². The summed E-state index contributed by atoms with van der Waals surface area (Å²) in [4.78, 5) is 14.2. The molecule has 2 rings (SSSR count). The van der Waals surface area contributed by atoms with E-state index in [0.29, 0.717) is 6.42 Å². The summed E-state index contributed by atoms with van der Waals surface area (Å²) in [5.74, 6) is -0.0848. The quantitative estimate of drug-likeness (QED) is 0.695. The van der Waals surface area contributed by atoms with Gasteiger partial charge >= 0.3 is 5.97 Å². The smallest absolute Gasteiger partial charge is 0.306 e. The van der Waals surface area contributed by atoms with Gasteiger partial charge in [-0.1, -0.05) is 36.8 Å². The third-order valence-electron chi connectivity index (χ3n) is 3.76. The van der Waals surface area contributed by atoms with Crippen LogP contribution in [0.25, 0.3) is 0 Å². The van der Waals surface area contributed by atoms with Gasteiger partial charge in [0, 0.05) is 13.0 Å². The SMILES string of the molecule is CC(CN1CCCCC1)OC(=O)CCc1ccccc1.[Cl-]. The molecular weight excluding hydrogens is 286 g/mol. The van der Waals surface area contributed by atoms with E-state index in [4.69, 9.17) is 4.74 Å². The van der Waals surface area contributed by atoms with Gasteiger partial charge in [-0.3, -0.25) is 9.69 Å². The van der Waals surface area contributed by atoms with E-state index in [0.717, 1.165) is 26.1 Å². The Morgan fingerprint density at radius 2 is 1.86 bits per heavy atom. The van der Waals surface area contributed by atoms with Gasteiger partial charge < -0.3 is 17.1 Å². The maximum absolute atomic E-state index is 11.8. The number of rotatable bonds is 6. The molecule has 4 heteroatoms. The highest BCUT2D eigenvalue weighted by molar-refractivity contribution is 5.69. The largest absolute Gasteiger partial charge is 1.00 e. The van der Waals surface area contributed by atoms with Crippen molar-refractivity contribution in [1.29, 1.82) is 0 Å². The van der Waals surface area contributed by atoms with E-state index in [1.807, 2.05) is 37.3 Å². The first kappa shape index (κ1) is 18.0. The maximum atomic E-state index is 11.8. The molecule has 1 aromatic rings. The van der Waals surface area contributed by atoms with Crippen LogP contribution in [0.5, 0.6) is 0 Å². The lowest BCUT2D eigenvalue weighted by molar-refractivity contribution is -0.149. The lowest BCUT2D eigenvalue weighted by Crippen LogP contribution is -3.00. The fraction of sp³-hybridized carbons (Fsp3) is 0.588. The Labute approximate surface area is 134 Å². The molecule has 0 N–H and O–H groups in total. The van der Waals surface area contributed by atoms with Crippen molar-refractivity contribution in [1.82, 2.24) is 4.90 Å². The van der Waals surface area contributed by atoms with E-state index in [-0.39, 0.29) is 24.5 Å². The number of hydrogen-bond donors (Lipinski definition) is 0. The number of halogens is 1. The maximum Gasteiger partial charge on any atom is 0.306 e. The van der Waals surface area contributed by atoms with Gasteiger partial charge in [0.2, 0.25) is 0 Å². The summed E-state index contributed by atoms with van der Waals surface area (Å²) in [6.45, 7) is 5.16. The summed E-state index contributed by atoms with van der Waals surface area (Å²) >= 11 is 0. The molecule has 1 aliphatic heterocycles. The Morgan fingerprint density at radius 1 is 1.19 bits per heavy atom. The predicted molar refractivity (Wildman–Crippen MR) is 80.6 cm³/mol. The molecule has 1 unspecified atom stereocenters. The molecule has 1 atom stereocenters. The fourth-order valence-corrected chi connectivity index (χ4v) is 2.72. The van der Waals surface area contributed by atoms with Crippen LogP contribution in [0.4, 0.5) is 0 Å². The number of likely N-dealkylation sites (tertiary alicyclic amines) is 1. The third kappa shape index (κ3) is 6.96. The van der Waals surface area contributed by atoms with Crippen LogP contribution in [-0.2, 0) is 16.0 Å². The van der Waals surface area contributed by atoms with Crippen molar-refractivity contribution in [2.75, 3.05) is 19.6 Å². The van der Waals surface area contributed by atoms with Gasteiger partial charge in [0.05, 0.1) is 0 Å². The number of hydrogen-bond acceptors (Lipinski definition) is 3. The number of esters is 1. The molecule has 1 aromatic carbocycles. The number of benzene rings is 1. The van der Waals surface area contributed by atoms with Crippen molar-refractivity contribution in [2.24, 2.45) is 0 Å². The average Bonchev–Trinajstić information content (AvgIpc) is 2.47. The Morgan fingerprint density at radius 3 is 2.52 bits per heavy atom. The van der Waals surface area contributed by atoms with Gasteiger partial charge in [0.1, 0.15) is 6.10 Å². The molecule has 1 saturated heterocycles. The highest BCUT2D eigenvalue weighted by atomic mass is 35.5. The molecule has 21 heavy (non-hydrogen) atoms. The highest BCUT2D eigenvalue weighted by Gasteiger charge is 2.16. The molecule has 0 amide bonds. The second-order valence-electron chi connectivity index (χ2n) is 5.65. The number of carbonyl (C=O) groups is 1. The lowest BCUT2D eigenvalue weighted by Gasteiger charge is -2.28. The minimum absolute atomic E-state index is 0. The van der Waals surface area contributed by atoms with Gasteiger partial charge in [0.15, 0.2) is 0 Å². The van der Waals surface area contributed by atoms with Gasteiger partial charge in [-0.15, -0.1) is 0 Å². The van der Waals surface area contributed by atoms with Crippen molar-refractivity contribution in [3.05, 3.63) is 35.9 Å². The standard InChI is InChI=1S/C17H25NO2.ClH/c1-15(14-18-12-6-3-7-13-18)20-17(19)11-10-16-8-4-2-5-9-16;/h2,4-5,8-9,15H,3,6-7,10-14H2,1H3;1H/p-1. The highest BCUT2D eigenvalue weighted by Crippen LogP contribution is 2.10. The van der Waals surface area contributed by atoms with Crippen LogP contribution in [0.2, 0.25) is 0 Å². The van der Waals surface area contributed by atoms with Crippen molar-refractivity contribution >= 4 is 5.97 Å². The van der Waals surface area contributed by atoms with Gasteiger partial charge in [-0.25, -0.2) is 0 Å². The van der Waals surface area contributed by atoms with Crippen LogP contribution in [0.1, 0.15) is 38.2 Å². The molecule has 0 aliphatic carbocycles. The van der Waals surface area contributed by atoms with Gasteiger partial charge in [-0.2, -0.15) is 0 Å². The molecule has 1 aliphatic rings. The van der Waals surface area contributed by atoms with E-state index in [1.54, 1.807) is 0 Å². The first-order chi connectivity index (χ1) is 9.74. The second kappa shape index (κ2) is 9.80. The topological polar surface area (TPSA) is 29.5 Å². The summed E-state index contributed by atoms with van der Waals surface area (Å²) in [5, 5.41) is 0. The molecule has 0 aromatic heterocycles. The number of aryl methyl sites for hydroxylation is 1. The predicted octanol–water partition coefficient (Wildman–Crippen LogP) is 0.0408. The third-order valence-corrected chi connectivity index (χ3v) is 3.76. The van der Waals surface area contributed by atoms with Crippen LogP contribution in [-0.4, -0.2) is 36.6 Å². The average molecular weight is 311 g/mol. The monoisotopic (exact) mass is 310 g/mol. The van der Waals surface area contributed by atoms with E-state index < -0.39 is 0 Å². The van der Waals surface area contributed by atoms with Crippen LogP contribution in [0.3, 0.4) is 0 Å². The van der Waals surface area contributed by atoms with Crippen molar-refractivity contribution < 1.29 is 21.9 Å². The second-order valence-corrected chi connectivity index (χ2v) is 5.65. The van der Waals surface area contributed by atoms with Gasteiger partial charge in [-0.05, 0) is 44.8 Å². The molecule has 1 fully saturated rings. The first-order valence-electron chi connectivity index (χ1n) is 7.70. The zero-order chi connectivity index (χ0) is 14.2. The Kier molecular flexibility index (Phi) is 8.40. The number of carbonyl (C=O) groups excluding carboxylic acids is 1. The van der Waals surface area contributed by atoms with Crippen LogP contribution in [0.15, 0.2) is 30.3 Å². The van der Waals surface area contributed by atoms with Crippen LogP contribution >= 0.6 is 0 Å². The Hall–Kier alpha value is -1.06. The van der Waals surface area contributed by atoms with E-state index in [9.17, 15) is 4.79 Å². The van der Waals surface area contributed by atoms with Crippen molar-refractivity contribution in [3.63, 3.8) is 0 Å². The molecular formula is C17H25ClNO2-. The molecule has 0 bridgehead atoms. The zero-order valence-electron chi connectivity index (χ0n) is 12.8. The van der Waals surface area contributed by atoms with Crippen LogP contribution < -0.4 is 12.4 Å². The summed E-state index contributed by atoms with van der Waals surface area (Å²) in [5.41, 5.74) is 1.19. The summed E-state index contributed by atoms with van der Waals surface area (Å²) in [6, 6.07) is 10.1. The minimum atomic E-state index is -0.0848. The number of nitrogens with zero attached hydrogens (tertiary/aromatic N) is 1. The number of ether oxygens (including phenoxy) is 1. The van der Waals surface area contributed by atoms with Crippen LogP contribution in [0, 0.1) is 0 Å². The fourth-order valence-electron chi connectivity index (χ4n) is 2.72. The Balaban J connectivity index is 0.00000220. The molecule has 0 saturated carbocycles. The molecule has 118 valence electrons. The molecule has 0 radical (unpaired) electrons. The number of piperidine rings is 1. The summed E-state index contributed by atoms with van der Waals surface area (Å²) in [7, 11) is 0. The Bertz CT molecular complexity index is 405. The van der Waals surface area contributed by atoms with Crippen molar-refractivity contribution in [3.8, 4) is 0 Å². The van der Waals surface area contributed by atoms with E-state index >= 15 is 0 Å². The van der Waals surface area contributed by atoms with Gasteiger partial charge in [0.25, 0.3) is 0 Å². The lowest BCUT2D eigenvalue weighted by atomic mass is 10.1. The molecule has 3 nitrogen and oxygen atoms in total.